The lowest BCUT2D eigenvalue weighted by Crippen LogP contribution is -2.50. The first kappa shape index (κ1) is 14.7. The van der Waals surface area contributed by atoms with Crippen molar-refractivity contribution in [3.8, 4) is 0 Å². The number of hydrogen-bond acceptors (Lipinski definition) is 5. The zero-order valence-electron chi connectivity index (χ0n) is 12.5. The minimum atomic E-state index is -1.02. The average Bonchev–Trinajstić information content (AvgIpc) is 3.01. The van der Waals surface area contributed by atoms with Crippen LogP contribution in [0.25, 0.3) is 0 Å². The van der Waals surface area contributed by atoms with E-state index >= 15 is 0 Å². The predicted molar refractivity (Wildman–Crippen MR) is 79.8 cm³/mol. The standard InChI is InChI=1S/C14H16N4O3S/c1-7-8(2)22-6-10(7)13(19)18-5-12-16-15-9(3)17(12)4-11(18)14(20)21/h6,11H,4-5H2,1-3H3,(H,20,21). The molecule has 0 saturated carbocycles. The van der Waals surface area contributed by atoms with Crippen molar-refractivity contribution in [3.63, 3.8) is 0 Å². The number of hydrogen-bond donors (Lipinski definition) is 1. The van der Waals surface area contributed by atoms with E-state index in [1.54, 1.807) is 16.9 Å². The van der Waals surface area contributed by atoms with E-state index in [1.807, 2.05) is 13.8 Å². The van der Waals surface area contributed by atoms with Gasteiger partial charge in [0.1, 0.15) is 11.9 Å². The highest BCUT2D eigenvalue weighted by atomic mass is 32.1. The van der Waals surface area contributed by atoms with Crippen LogP contribution in [0.5, 0.6) is 0 Å². The summed E-state index contributed by atoms with van der Waals surface area (Å²) in [4.78, 5) is 26.8. The number of nitrogens with zero attached hydrogens (tertiary/aromatic N) is 4. The Morgan fingerprint density at radius 2 is 2.05 bits per heavy atom. The lowest BCUT2D eigenvalue weighted by Gasteiger charge is -2.33. The summed E-state index contributed by atoms with van der Waals surface area (Å²) in [6.45, 7) is 5.94. The molecular weight excluding hydrogens is 304 g/mol. The van der Waals surface area contributed by atoms with Crippen LogP contribution in [-0.2, 0) is 17.9 Å². The summed E-state index contributed by atoms with van der Waals surface area (Å²) in [5.41, 5.74) is 1.47. The molecular formula is C14H16N4O3S. The quantitative estimate of drug-likeness (QED) is 0.903. The highest BCUT2D eigenvalue weighted by Gasteiger charge is 2.37. The molecule has 0 aromatic carbocycles. The first-order valence-corrected chi connectivity index (χ1v) is 7.75. The van der Waals surface area contributed by atoms with Gasteiger partial charge in [-0.05, 0) is 26.3 Å². The molecule has 2 aromatic heterocycles. The normalized spacial score (nSPS) is 17.4. The summed E-state index contributed by atoms with van der Waals surface area (Å²) in [6, 6.07) is -0.908. The van der Waals surface area contributed by atoms with Crippen molar-refractivity contribution in [2.24, 2.45) is 0 Å². The molecule has 0 saturated heterocycles. The number of amides is 1. The maximum absolute atomic E-state index is 12.8. The van der Waals surface area contributed by atoms with E-state index in [-0.39, 0.29) is 19.0 Å². The van der Waals surface area contributed by atoms with E-state index in [0.29, 0.717) is 17.2 Å². The average molecular weight is 320 g/mol. The van der Waals surface area contributed by atoms with E-state index in [2.05, 4.69) is 10.2 Å². The lowest BCUT2D eigenvalue weighted by atomic mass is 10.1. The third-order valence-electron chi connectivity index (χ3n) is 4.12. The lowest BCUT2D eigenvalue weighted by molar-refractivity contribution is -0.143. The number of aromatic nitrogens is 3. The molecule has 0 radical (unpaired) electrons. The van der Waals surface area contributed by atoms with Crippen molar-refractivity contribution in [3.05, 3.63) is 33.0 Å². The zero-order chi connectivity index (χ0) is 16.0. The van der Waals surface area contributed by atoms with E-state index in [4.69, 9.17) is 0 Å². The second-order valence-electron chi connectivity index (χ2n) is 5.39. The molecule has 1 amide bonds. The van der Waals surface area contributed by atoms with E-state index < -0.39 is 12.0 Å². The summed E-state index contributed by atoms with van der Waals surface area (Å²) in [5.74, 6) is 0.00159. The Kier molecular flexibility index (Phi) is 3.48. The number of carboxylic acid groups (broad SMARTS) is 1. The molecule has 0 bridgehead atoms. The smallest absolute Gasteiger partial charge is 0.328 e. The van der Waals surface area contributed by atoms with Gasteiger partial charge in [0.15, 0.2) is 5.82 Å². The van der Waals surface area contributed by atoms with Gasteiger partial charge in [-0.15, -0.1) is 21.5 Å². The molecule has 0 fully saturated rings. The summed E-state index contributed by atoms with van der Waals surface area (Å²) in [5, 5.41) is 19.3. The maximum atomic E-state index is 12.8. The maximum Gasteiger partial charge on any atom is 0.328 e. The number of carbonyl (C=O) groups excluding carboxylic acids is 1. The number of aliphatic carboxylic acids is 1. The number of carbonyl (C=O) groups is 2. The van der Waals surface area contributed by atoms with Gasteiger partial charge in [-0.25, -0.2) is 4.79 Å². The number of carboxylic acids is 1. The van der Waals surface area contributed by atoms with Crippen LogP contribution in [0.15, 0.2) is 5.38 Å². The van der Waals surface area contributed by atoms with Crippen molar-refractivity contribution in [2.75, 3.05) is 0 Å². The molecule has 2 aromatic rings. The van der Waals surface area contributed by atoms with Crippen LogP contribution in [0.2, 0.25) is 0 Å². The van der Waals surface area contributed by atoms with Crippen molar-refractivity contribution in [1.82, 2.24) is 19.7 Å². The van der Waals surface area contributed by atoms with E-state index in [1.165, 1.54) is 16.2 Å². The Balaban J connectivity index is 1.99. The second kappa shape index (κ2) is 5.20. The van der Waals surface area contributed by atoms with Crippen molar-refractivity contribution < 1.29 is 14.7 Å². The fourth-order valence-corrected chi connectivity index (χ4v) is 3.48. The van der Waals surface area contributed by atoms with Gasteiger partial charge >= 0.3 is 5.97 Å². The number of fused-ring (bicyclic) bond motifs is 1. The minimum absolute atomic E-state index is 0.158. The van der Waals surface area contributed by atoms with Gasteiger partial charge in [0.25, 0.3) is 5.91 Å². The van der Waals surface area contributed by atoms with Crippen LogP contribution >= 0.6 is 11.3 Å². The third kappa shape index (κ3) is 2.19. The Morgan fingerprint density at radius 1 is 1.32 bits per heavy atom. The van der Waals surface area contributed by atoms with Crippen LogP contribution in [0, 0.1) is 20.8 Å². The third-order valence-corrected chi connectivity index (χ3v) is 5.13. The molecule has 1 atom stereocenters. The van der Waals surface area contributed by atoms with Gasteiger partial charge in [-0.1, -0.05) is 0 Å². The van der Waals surface area contributed by atoms with Crippen molar-refractivity contribution in [2.45, 2.75) is 39.9 Å². The largest absolute Gasteiger partial charge is 0.480 e. The molecule has 1 aliphatic heterocycles. The first-order valence-electron chi connectivity index (χ1n) is 6.87. The van der Waals surface area contributed by atoms with Crippen molar-refractivity contribution in [1.29, 1.82) is 0 Å². The Morgan fingerprint density at radius 3 is 2.64 bits per heavy atom. The molecule has 0 spiro atoms. The van der Waals surface area contributed by atoms with Crippen LogP contribution in [0.4, 0.5) is 0 Å². The van der Waals surface area contributed by atoms with Gasteiger partial charge in [0, 0.05) is 10.3 Å². The number of thiophene rings is 1. The molecule has 1 unspecified atom stereocenters. The van der Waals surface area contributed by atoms with Gasteiger partial charge in [0.2, 0.25) is 0 Å². The molecule has 1 N–H and O–H groups in total. The Bertz CT molecular complexity index is 764. The molecule has 8 heteroatoms. The summed E-state index contributed by atoms with van der Waals surface area (Å²) >= 11 is 1.49. The molecule has 3 rings (SSSR count). The summed E-state index contributed by atoms with van der Waals surface area (Å²) in [6.07, 6.45) is 0. The van der Waals surface area contributed by atoms with Gasteiger partial charge in [0.05, 0.1) is 18.7 Å². The molecule has 22 heavy (non-hydrogen) atoms. The highest BCUT2D eigenvalue weighted by molar-refractivity contribution is 7.10. The highest BCUT2D eigenvalue weighted by Crippen LogP contribution is 2.26. The van der Waals surface area contributed by atoms with Crippen LogP contribution in [-0.4, -0.2) is 42.7 Å². The summed E-state index contributed by atoms with van der Waals surface area (Å²) < 4.78 is 1.76. The van der Waals surface area contributed by atoms with Crippen LogP contribution in [0.3, 0.4) is 0 Å². The topological polar surface area (TPSA) is 88.3 Å². The predicted octanol–water partition coefficient (Wildman–Crippen LogP) is 1.37. The Hall–Kier alpha value is -2.22. The first-order chi connectivity index (χ1) is 10.4. The van der Waals surface area contributed by atoms with Gasteiger partial charge < -0.3 is 14.6 Å². The van der Waals surface area contributed by atoms with Crippen LogP contribution < -0.4 is 0 Å². The fraction of sp³-hybridized carbons (Fsp3) is 0.429. The number of aryl methyl sites for hydroxylation is 2. The molecule has 0 aliphatic carbocycles. The zero-order valence-corrected chi connectivity index (χ0v) is 13.3. The number of rotatable bonds is 2. The molecule has 116 valence electrons. The Labute approximate surface area is 131 Å². The molecule has 7 nitrogen and oxygen atoms in total. The van der Waals surface area contributed by atoms with Crippen LogP contribution in [0.1, 0.15) is 32.4 Å². The second-order valence-corrected chi connectivity index (χ2v) is 6.48. The minimum Gasteiger partial charge on any atom is -0.480 e. The monoisotopic (exact) mass is 320 g/mol. The fourth-order valence-electron chi connectivity index (χ4n) is 2.62. The van der Waals surface area contributed by atoms with E-state index in [0.717, 1.165) is 10.4 Å². The van der Waals surface area contributed by atoms with Crippen molar-refractivity contribution >= 4 is 23.2 Å². The molecule has 1 aliphatic rings. The molecule has 3 heterocycles. The van der Waals surface area contributed by atoms with Gasteiger partial charge in [-0.3, -0.25) is 4.79 Å². The SMILES string of the molecule is Cc1scc(C(=O)N2Cc3nnc(C)n3CC2C(=O)O)c1C. The van der Waals surface area contributed by atoms with Gasteiger partial charge in [-0.2, -0.15) is 0 Å². The summed E-state index contributed by atoms with van der Waals surface area (Å²) in [7, 11) is 0. The van der Waals surface area contributed by atoms with E-state index in [9.17, 15) is 14.7 Å².